The van der Waals surface area contributed by atoms with Gasteiger partial charge in [-0.25, -0.2) is 0 Å². The second-order valence-corrected chi connectivity index (χ2v) is 4.24. The van der Waals surface area contributed by atoms with Crippen LogP contribution in [0.2, 0.25) is 0 Å². The summed E-state index contributed by atoms with van der Waals surface area (Å²) >= 11 is 0. The Morgan fingerprint density at radius 1 is 1.33 bits per heavy atom. The van der Waals surface area contributed by atoms with Crippen LogP contribution in [0.1, 0.15) is 30.9 Å². The molecule has 0 radical (unpaired) electrons. The second kappa shape index (κ2) is 4.33. The summed E-state index contributed by atoms with van der Waals surface area (Å²) in [6, 6.07) is 8.44. The molecule has 1 aromatic carbocycles. The molecule has 2 rings (SSSR count). The van der Waals surface area contributed by atoms with Crippen LogP contribution >= 0.6 is 0 Å². The summed E-state index contributed by atoms with van der Waals surface area (Å²) in [5, 5.41) is 9.20. The molecular weight excluding hydrogens is 188 g/mol. The van der Waals surface area contributed by atoms with Gasteiger partial charge in [-0.3, -0.25) is 0 Å². The molecule has 1 N–H and O–H groups in total. The summed E-state index contributed by atoms with van der Waals surface area (Å²) < 4.78 is 5.30. The minimum absolute atomic E-state index is 0.0846. The van der Waals surface area contributed by atoms with E-state index >= 15 is 0 Å². The molecule has 0 aliphatic carbocycles. The number of benzene rings is 1. The Balaban J connectivity index is 2.04. The van der Waals surface area contributed by atoms with E-state index in [-0.39, 0.29) is 12.2 Å². The molecule has 1 aliphatic heterocycles. The van der Waals surface area contributed by atoms with E-state index in [0.717, 1.165) is 12.0 Å². The lowest BCUT2D eigenvalue weighted by Gasteiger charge is -2.09. The first-order valence-electron chi connectivity index (χ1n) is 5.65. The van der Waals surface area contributed by atoms with Gasteiger partial charge in [-0.05, 0) is 24.0 Å². The van der Waals surface area contributed by atoms with Crippen molar-refractivity contribution in [2.45, 2.75) is 31.8 Å². The van der Waals surface area contributed by atoms with Crippen molar-refractivity contribution in [3.8, 4) is 0 Å². The molecule has 2 heteroatoms. The molecule has 2 nitrogen and oxygen atoms in total. The van der Waals surface area contributed by atoms with E-state index in [1.807, 2.05) is 0 Å². The molecule has 1 heterocycles. The molecule has 1 aromatic rings. The van der Waals surface area contributed by atoms with Crippen LogP contribution in [0.4, 0.5) is 0 Å². The maximum Gasteiger partial charge on any atom is 0.139 e. The lowest BCUT2D eigenvalue weighted by Crippen LogP contribution is -2.13. The lowest BCUT2D eigenvalue weighted by molar-refractivity contribution is 0.172. The van der Waals surface area contributed by atoms with Crippen LogP contribution in [0.15, 0.2) is 24.3 Å². The Morgan fingerprint density at radius 2 is 2.00 bits per heavy atom. The van der Waals surface area contributed by atoms with Gasteiger partial charge in [0.2, 0.25) is 0 Å². The third-order valence-corrected chi connectivity index (χ3v) is 3.05. The van der Waals surface area contributed by atoms with Crippen molar-refractivity contribution in [1.82, 2.24) is 0 Å². The molecule has 82 valence electrons. The van der Waals surface area contributed by atoms with Crippen molar-refractivity contribution in [2.75, 3.05) is 13.2 Å². The van der Waals surface area contributed by atoms with Gasteiger partial charge in [-0.15, -0.1) is 0 Å². The molecule has 0 spiro atoms. The standard InChI is InChI=1S/C13H18O2/c1-2-3-4-11-5-7-12(8-6-11)13(9-14)10-15-13/h5-8,14H,2-4,9-10H2,1H3/t13-/m1/s1. The number of aryl methyl sites for hydroxylation is 1. The fourth-order valence-corrected chi connectivity index (χ4v) is 1.79. The predicted molar refractivity (Wildman–Crippen MR) is 59.8 cm³/mol. The topological polar surface area (TPSA) is 32.8 Å². The van der Waals surface area contributed by atoms with Gasteiger partial charge in [-0.2, -0.15) is 0 Å². The number of hydrogen-bond donors (Lipinski definition) is 1. The van der Waals surface area contributed by atoms with Crippen LogP contribution in [-0.4, -0.2) is 18.3 Å². The van der Waals surface area contributed by atoms with Crippen molar-refractivity contribution >= 4 is 0 Å². The van der Waals surface area contributed by atoms with Crippen LogP contribution in [0.5, 0.6) is 0 Å². The van der Waals surface area contributed by atoms with E-state index < -0.39 is 0 Å². The molecule has 1 saturated heterocycles. The second-order valence-electron chi connectivity index (χ2n) is 4.24. The average Bonchev–Trinajstić information content (AvgIpc) is 3.08. The van der Waals surface area contributed by atoms with Crippen LogP contribution in [-0.2, 0) is 16.8 Å². The van der Waals surface area contributed by atoms with Crippen molar-refractivity contribution in [1.29, 1.82) is 0 Å². The molecule has 1 atom stereocenters. The van der Waals surface area contributed by atoms with E-state index in [1.54, 1.807) is 0 Å². The van der Waals surface area contributed by atoms with Crippen molar-refractivity contribution in [2.24, 2.45) is 0 Å². The fraction of sp³-hybridized carbons (Fsp3) is 0.538. The quantitative estimate of drug-likeness (QED) is 0.749. The SMILES string of the molecule is CCCCc1ccc([C@@]2(CO)CO2)cc1. The zero-order valence-corrected chi connectivity index (χ0v) is 9.20. The predicted octanol–water partition coefficient (Wildman–Crippen LogP) is 2.25. The largest absolute Gasteiger partial charge is 0.393 e. The first kappa shape index (κ1) is 10.7. The van der Waals surface area contributed by atoms with Gasteiger partial charge >= 0.3 is 0 Å². The highest BCUT2D eigenvalue weighted by molar-refractivity contribution is 5.30. The van der Waals surface area contributed by atoms with Gasteiger partial charge in [0, 0.05) is 0 Å². The monoisotopic (exact) mass is 206 g/mol. The third-order valence-electron chi connectivity index (χ3n) is 3.05. The van der Waals surface area contributed by atoms with Gasteiger partial charge in [0.1, 0.15) is 5.60 Å². The van der Waals surface area contributed by atoms with E-state index in [1.165, 1.54) is 18.4 Å². The maximum atomic E-state index is 9.20. The number of unbranched alkanes of at least 4 members (excludes halogenated alkanes) is 1. The van der Waals surface area contributed by atoms with Gasteiger partial charge in [-0.1, -0.05) is 37.6 Å². The zero-order valence-electron chi connectivity index (χ0n) is 9.20. The first-order chi connectivity index (χ1) is 7.30. The summed E-state index contributed by atoms with van der Waals surface area (Å²) in [5.41, 5.74) is 2.10. The van der Waals surface area contributed by atoms with Crippen LogP contribution in [0.3, 0.4) is 0 Å². The smallest absolute Gasteiger partial charge is 0.139 e. The van der Waals surface area contributed by atoms with Crippen molar-refractivity contribution in [3.05, 3.63) is 35.4 Å². The van der Waals surface area contributed by atoms with Gasteiger partial charge in [0.15, 0.2) is 0 Å². The highest BCUT2D eigenvalue weighted by Gasteiger charge is 2.45. The van der Waals surface area contributed by atoms with Crippen LogP contribution < -0.4 is 0 Å². The highest BCUT2D eigenvalue weighted by Crippen LogP contribution is 2.37. The molecule has 0 amide bonds. The number of epoxide rings is 1. The zero-order chi connectivity index (χ0) is 10.7. The number of rotatable bonds is 5. The number of aliphatic hydroxyl groups is 1. The fourth-order valence-electron chi connectivity index (χ4n) is 1.79. The summed E-state index contributed by atoms with van der Waals surface area (Å²) in [6.07, 6.45) is 3.61. The van der Waals surface area contributed by atoms with E-state index in [4.69, 9.17) is 4.74 Å². The van der Waals surface area contributed by atoms with Crippen molar-refractivity contribution < 1.29 is 9.84 Å². The maximum absolute atomic E-state index is 9.20. The molecule has 0 unspecified atom stereocenters. The number of hydrogen-bond acceptors (Lipinski definition) is 2. The number of ether oxygens (including phenoxy) is 1. The van der Waals surface area contributed by atoms with Crippen LogP contribution in [0.25, 0.3) is 0 Å². The Kier molecular flexibility index (Phi) is 3.08. The normalized spacial score (nSPS) is 24.1. The summed E-state index contributed by atoms with van der Waals surface area (Å²) in [7, 11) is 0. The molecule has 0 aromatic heterocycles. The minimum Gasteiger partial charge on any atom is -0.393 e. The number of aliphatic hydroxyl groups excluding tert-OH is 1. The molecule has 0 bridgehead atoms. The molecule has 1 fully saturated rings. The third kappa shape index (κ3) is 2.21. The summed E-state index contributed by atoms with van der Waals surface area (Å²) in [5.74, 6) is 0. The lowest BCUT2D eigenvalue weighted by atomic mass is 9.98. The van der Waals surface area contributed by atoms with E-state index in [2.05, 4.69) is 31.2 Å². The van der Waals surface area contributed by atoms with Crippen molar-refractivity contribution in [3.63, 3.8) is 0 Å². The van der Waals surface area contributed by atoms with Gasteiger partial charge in [0.25, 0.3) is 0 Å². The van der Waals surface area contributed by atoms with Crippen LogP contribution in [0, 0.1) is 0 Å². The Morgan fingerprint density at radius 3 is 2.47 bits per heavy atom. The molecular formula is C13H18O2. The highest BCUT2D eigenvalue weighted by atomic mass is 16.6. The minimum atomic E-state index is -0.372. The van der Waals surface area contributed by atoms with Gasteiger partial charge in [0.05, 0.1) is 13.2 Å². The van der Waals surface area contributed by atoms with E-state index in [0.29, 0.717) is 6.61 Å². The Bertz CT molecular complexity index is 312. The molecule has 15 heavy (non-hydrogen) atoms. The molecule has 1 aliphatic rings. The Labute approximate surface area is 90.9 Å². The average molecular weight is 206 g/mol. The summed E-state index contributed by atoms with van der Waals surface area (Å²) in [6.45, 7) is 2.94. The molecule has 0 saturated carbocycles. The summed E-state index contributed by atoms with van der Waals surface area (Å²) in [4.78, 5) is 0. The first-order valence-corrected chi connectivity index (χ1v) is 5.65. The van der Waals surface area contributed by atoms with E-state index in [9.17, 15) is 5.11 Å². The Hall–Kier alpha value is -0.860. The van der Waals surface area contributed by atoms with Gasteiger partial charge < -0.3 is 9.84 Å².